The van der Waals surface area contributed by atoms with Crippen LogP contribution in [-0.4, -0.2) is 37.5 Å². The van der Waals surface area contributed by atoms with E-state index in [-0.39, 0.29) is 11.7 Å². The van der Waals surface area contributed by atoms with E-state index in [0.29, 0.717) is 31.9 Å². The lowest BCUT2D eigenvalue weighted by Crippen LogP contribution is -2.30. The van der Waals surface area contributed by atoms with Gasteiger partial charge in [-0.25, -0.2) is 0 Å². The number of rotatable bonds is 5. The third-order valence-corrected chi connectivity index (χ3v) is 3.32. The maximum atomic E-state index is 12.0. The Kier molecular flexibility index (Phi) is 4.67. The molecule has 2 rings (SSSR count). The van der Waals surface area contributed by atoms with Crippen LogP contribution in [0, 0.1) is 17.2 Å². The van der Waals surface area contributed by atoms with Crippen LogP contribution in [-0.2, 0) is 16.1 Å². The number of nitriles is 1. The minimum absolute atomic E-state index is 0.0629. The Morgan fingerprint density at radius 1 is 1.58 bits per heavy atom. The van der Waals surface area contributed by atoms with E-state index in [2.05, 4.69) is 6.07 Å². The van der Waals surface area contributed by atoms with Crippen LogP contribution < -0.4 is 0 Å². The molecule has 4 heteroatoms. The normalized spacial score (nSPS) is 18.5. The van der Waals surface area contributed by atoms with Crippen LogP contribution in [0.5, 0.6) is 0 Å². The summed E-state index contributed by atoms with van der Waals surface area (Å²) in [5.41, 5.74) is 1.71. The predicted molar refractivity (Wildman–Crippen MR) is 71.4 cm³/mol. The lowest BCUT2D eigenvalue weighted by molar-refractivity contribution is -0.123. The van der Waals surface area contributed by atoms with Crippen LogP contribution in [0.15, 0.2) is 24.3 Å². The summed E-state index contributed by atoms with van der Waals surface area (Å²) in [6.07, 6.45) is 0.844. The minimum atomic E-state index is 0.0629. The van der Waals surface area contributed by atoms with Crippen molar-refractivity contribution in [1.29, 1.82) is 5.26 Å². The Balaban J connectivity index is 1.88. The van der Waals surface area contributed by atoms with Crippen LogP contribution in [0.3, 0.4) is 0 Å². The predicted octanol–water partition coefficient (Wildman–Crippen LogP) is 1.60. The van der Waals surface area contributed by atoms with Crippen LogP contribution in [0.1, 0.15) is 17.5 Å². The number of hydrogen-bond acceptors (Lipinski definition) is 4. The molecule has 0 amide bonds. The third kappa shape index (κ3) is 3.88. The molecular formula is C15H18N2O2. The van der Waals surface area contributed by atoms with Gasteiger partial charge in [0, 0.05) is 19.1 Å². The molecule has 1 saturated heterocycles. The monoisotopic (exact) mass is 258 g/mol. The van der Waals surface area contributed by atoms with Gasteiger partial charge in [0.25, 0.3) is 0 Å². The van der Waals surface area contributed by atoms with Crippen molar-refractivity contribution < 1.29 is 9.53 Å². The average Bonchev–Trinajstić information content (AvgIpc) is 2.92. The second kappa shape index (κ2) is 6.46. The number of carbonyl (C=O) groups excluding carboxylic acids is 1. The molecule has 19 heavy (non-hydrogen) atoms. The van der Waals surface area contributed by atoms with Gasteiger partial charge in [0.1, 0.15) is 0 Å². The first-order chi connectivity index (χ1) is 9.19. The highest BCUT2D eigenvalue weighted by molar-refractivity contribution is 5.83. The van der Waals surface area contributed by atoms with Crippen molar-refractivity contribution in [3.05, 3.63) is 35.4 Å². The van der Waals surface area contributed by atoms with E-state index in [9.17, 15) is 4.79 Å². The second-order valence-corrected chi connectivity index (χ2v) is 5.01. The fourth-order valence-electron chi connectivity index (χ4n) is 2.29. The average molecular weight is 258 g/mol. The Morgan fingerprint density at radius 2 is 2.42 bits per heavy atom. The van der Waals surface area contributed by atoms with Gasteiger partial charge in [0.05, 0.1) is 24.8 Å². The number of hydrogen-bond donors (Lipinski definition) is 0. The number of benzene rings is 1. The van der Waals surface area contributed by atoms with E-state index in [1.54, 1.807) is 6.07 Å². The molecule has 1 aromatic carbocycles. The standard InChI is InChI=1S/C15H18N2O2/c1-17(10-15(18)14-5-6-19-11-14)9-13-4-2-3-12(7-13)8-16/h2-4,7,14H,5-6,9-11H2,1H3. The first kappa shape index (κ1) is 13.7. The van der Waals surface area contributed by atoms with E-state index >= 15 is 0 Å². The second-order valence-electron chi connectivity index (χ2n) is 5.01. The first-order valence-electron chi connectivity index (χ1n) is 6.47. The van der Waals surface area contributed by atoms with E-state index in [1.807, 2.05) is 30.1 Å². The molecule has 1 fully saturated rings. The first-order valence-corrected chi connectivity index (χ1v) is 6.47. The zero-order chi connectivity index (χ0) is 13.7. The number of ketones is 1. The molecule has 1 aliphatic rings. The fraction of sp³-hybridized carbons (Fsp3) is 0.467. The Bertz CT molecular complexity index is 487. The highest BCUT2D eigenvalue weighted by Crippen LogP contribution is 2.14. The van der Waals surface area contributed by atoms with Crippen molar-refractivity contribution >= 4 is 5.78 Å². The van der Waals surface area contributed by atoms with Gasteiger partial charge in [-0.05, 0) is 31.2 Å². The van der Waals surface area contributed by atoms with E-state index in [0.717, 1.165) is 12.0 Å². The maximum absolute atomic E-state index is 12.0. The van der Waals surface area contributed by atoms with Gasteiger partial charge < -0.3 is 4.74 Å². The highest BCUT2D eigenvalue weighted by Gasteiger charge is 2.24. The molecule has 1 atom stereocenters. The number of likely N-dealkylation sites (N-methyl/N-ethyl adjacent to an activating group) is 1. The van der Waals surface area contributed by atoms with Gasteiger partial charge in [0.15, 0.2) is 5.78 Å². The Hall–Kier alpha value is -1.70. The van der Waals surface area contributed by atoms with Crippen molar-refractivity contribution in [3.8, 4) is 6.07 Å². The number of ether oxygens (including phenoxy) is 1. The summed E-state index contributed by atoms with van der Waals surface area (Å²) in [6.45, 7) is 2.38. The fourth-order valence-corrected chi connectivity index (χ4v) is 2.29. The quantitative estimate of drug-likeness (QED) is 0.805. The molecule has 1 aromatic rings. The van der Waals surface area contributed by atoms with Crippen molar-refractivity contribution in [2.45, 2.75) is 13.0 Å². The molecule has 0 saturated carbocycles. The Labute approximate surface area is 113 Å². The topological polar surface area (TPSA) is 53.3 Å². The largest absolute Gasteiger partial charge is 0.381 e. The molecule has 0 bridgehead atoms. The minimum Gasteiger partial charge on any atom is -0.381 e. The SMILES string of the molecule is CN(CC(=O)C1CCOC1)Cc1cccc(C#N)c1. The lowest BCUT2D eigenvalue weighted by atomic mass is 10.0. The molecule has 1 aliphatic heterocycles. The van der Waals surface area contributed by atoms with E-state index in [4.69, 9.17) is 10.00 Å². The summed E-state index contributed by atoms with van der Waals surface area (Å²) in [4.78, 5) is 14.0. The molecule has 1 heterocycles. The number of carbonyl (C=O) groups is 1. The van der Waals surface area contributed by atoms with Crippen molar-refractivity contribution in [1.82, 2.24) is 4.90 Å². The summed E-state index contributed by atoms with van der Waals surface area (Å²) < 4.78 is 5.23. The molecule has 4 nitrogen and oxygen atoms in total. The molecule has 1 unspecified atom stereocenters. The summed E-state index contributed by atoms with van der Waals surface area (Å²) in [7, 11) is 1.92. The van der Waals surface area contributed by atoms with Gasteiger partial charge in [-0.2, -0.15) is 5.26 Å². The van der Waals surface area contributed by atoms with E-state index in [1.165, 1.54) is 0 Å². The molecule has 0 aromatic heterocycles. The van der Waals surface area contributed by atoms with Crippen molar-refractivity contribution in [3.63, 3.8) is 0 Å². The molecule has 0 spiro atoms. The van der Waals surface area contributed by atoms with Crippen molar-refractivity contribution in [2.75, 3.05) is 26.8 Å². The van der Waals surface area contributed by atoms with Gasteiger partial charge in [0.2, 0.25) is 0 Å². The molecule has 0 N–H and O–H groups in total. The molecule has 100 valence electrons. The summed E-state index contributed by atoms with van der Waals surface area (Å²) >= 11 is 0. The molecule has 0 radical (unpaired) electrons. The van der Waals surface area contributed by atoms with Gasteiger partial charge in [-0.3, -0.25) is 9.69 Å². The lowest BCUT2D eigenvalue weighted by Gasteiger charge is -2.17. The van der Waals surface area contributed by atoms with Gasteiger partial charge in [-0.1, -0.05) is 12.1 Å². The van der Waals surface area contributed by atoms with Crippen LogP contribution >= 0.6 is 0 Å². The number of Topliss-reactive ketones (excluding diaryl/α,β-unsaturated/α-hetero) is 1. The summed E-state index contributed by atoms with van der Waals surface area (Å²) in [5.74, 6) is 0.310. The van der Waals surface area contributed by atoms with Crippen LogP contribution in [0.25, 0.3) is 0 Å². The zero-order valence-corrected chi connectivity index (χ0v) is 11.1. The molecule has 0 aliphatic carbocycles. The smallest absolute Gasteiger partial charge is 0.152 e. The number of nitrogens with zero attached hydrogens (tertiary/aromatic N) is 2. The third-order valence-electron chi connectivity index (χ3n) is 3.32. The van der Waals surface area contributed by atoms with Crippen LogP contribution in [0.2, 0.25) is 0 Å². The summed E-state index contributed by atoms with van der Waals surface area (Å²) in [5, 5.41) is 8.85. The van der Waals surface area contributed by atoms with E-state index < -0.39 is 0 Å². The maximum Gasteiger partial charge on any atom is 0.152 e. The highest BCUT2D eigenvalue weighted by atomic mass is 16.5. The van der Waals surface area contributed by atoms with Crippen LogP contribution in [0.4, 0.5) is 0 Å². The summed E-state index contributed by atoms with van der Waals surface area (Å²) in [6, 6.07) is 9.61. The molecular weight excluding hydrogens is 240 g/mol. The Morgan fingerprint density at radius 3 is 3.11 bits per heavy atom. The van der Waals surface area contributed by atoms with Gasteiger partial charge >= 0.3 is 0 Å². The zero-order valence-electron chi connectivity index (χ0n) is 11.1. The van der Waals surface area contributed by atoms with Crippen molar-refractivity contribution in [2.24, 2.45) is 5.92 Å². The van der Waals surface area contributed by atoms with Gasteiger partial charge in [-0.15, -0.1) is 0 Å².